The lowest BCUT2D eigenvalue weighted by Crippen LogP contribution is -2.53. The molecule has 0 saturated heterocycles. The Morgan fingerprint density at radius 1 is 1.15 bits per heavy atom. The molecule has 1 aliphatic rings. The van der Waals surface area contributed by atoms with Crippen molar-refractivity contribution in [3.63, 3.8) is 0 Å². The van der Waals surface area contributed by atoms with Gasteiger partial charge in [0.15, 0.2) is 18.0 Å². The first-order valence-corrected chi connectivity index (χ1v) is 16.3. The molecule has 0 bridgehead atoms. The van der Waals surface area contributed by atoms with E-state index in [4.69, 9.17) is 33.7 Å². The highest BCUT2D eigenvalue weighted by atomic mass is 31.2. The van der Waals surface area contributed by atoms with Gasteiger partial charge in [-0.3, -0.25) is 18.9 Å². The second-order valence-electron chi connectivity index (χ2n) is 10.9. The topological polar surface area (TPSA) is 216 Å². The van der Waals surface area contributed by atoms with Gasteiger partial charge in [0.1, 0.15) is 36.3 Å². The number of nitrogens with two attached hydrogens (primary N) is 1. The number of esters is 3. The van der Waals surface area contributed by atoms with Crippen molar-refractivity contribution in [3.05, 3.63) is 54.5 Å². The number of ether oxygens (including phenoxy) is 4. The molecular formula is C30H37N6O10P. The molecule has 16 nitrogen and oxygen atoms in total. The molecule has 252 valence electrons. The molecule has 1 unspecified atom stereocenters. The molecule has 1 aliphatic carbocycles. The van der Waals surface area contributed by atoms with Gasteiger partial charge in [-0.05, 0) is 49.9 Å². The minimum absolute atomic E-state index is 0.101. The summed E-state index contributed by atoms with van der Waals surface area (Å²) in [7, 11) is -3.40. The number of nitriles is 1. The monoisotopic (exact) mass is 672 g/mol. The number of carbonyl (C=O) groups excluding carboxylic acids is 3. The summed E-state index contributed by atoms with van der Waals surface area (Å²) in [5, 5.41) is 17.3. The molecule has 0 aliphatic heterocycles. The maximum Gasteiger partial charge on any atom is 0.459 e. The number of aromatic nitrogens is 3. The zero-order valence-electron chi connectivity index (χ0n) is 26.4. The molecule has 2 heterocycles. The van der Waals surface area contributed by atoms with Gasteiger partial charge >= 0.3 is 25.7 Å². The van der Waals surface area contributed by atoms with E-state index in [0.29, 0.717) is 5.52 Å². The van der Waals surface area contributed by atoms with E-state index in [1.807, 2.05) is 6.07 Å². The minimum Gasteiger partial charge on any atom is -0.464 e. The number of nitrogens with one attached hydrogen (secondary N) is 1. The van der Waals surface area contributed by atoms with Gasteiger partial charge in [-0.2, -0.15) is 15.4 Å². The van der Waals surface area contributed by atoms with Crippen molar-refractivity contribution in [2.24, 2.45) is 5.92 Å². The standard InChI is InChI=1S/C30H37N6O10P/c1-19(29(39)42-15-22-9-8-10-22)35-47(40,46-23-11-6-5-7-12-23)43-17-30(16-31,41-4)27(45-21(3)38)26(44-20(2)37)24-13-14-25-28(32)33-18-34-36(24)25/h5-7,11-14,18-19,22,26-27H,8-10,15,17H2,1-4H3,(H,35,40)(H2,32,33,34)/t19-,26-,27-,30+,47?/m0/s1. The van der Waals surface area contributed by atoms with Crippen molar-refractivity contribution < 1.29 is 46.9 Å². The fourth-order valence-electron chi connectivity index (χ4n) is 4.79. The van der Waals surface area contributed by atoms with Crippen molar-refractivity contribution in [3.8, 4) is 11.8 Å². The fraction of sp³-hybridized carbons (Fsp3) is 0.467. The highest BCUT2D eigenvalue weighted by molar-refractivity contribution is 7.52. The summed E-state index contributed by atoms with van der Waals surface area (Å²) >= 11 is 0. The summed E-state index contributed by atoms with van der Waals surface area (Å²) in [6, 6.07) is 11.8. The molecular weight excluding hydrogens is 635 g/mol. The van der Waals surface area contributed by atoms with Crippen LogP contribution in [0, 0.1) is 17.2 Å². The average molecular weight is 673 g/mol. The van der Waals surface area contributed by atoms with Crippen molar-refractivity contribution in [2.75, 3.05) is 26.1 Å². The van der Waals surface area contributed by atoms with Gasteiger partial charge in [0.25, 0.3) is 0 Å². The molecule has 47 heavy (non-hydrogen) atoms. The number of nitrogens with zero attached hydrogens (tertiary/aromatic N) is 4. The van der Waals surface area contributed by atoms with E-state index in [1.54, 1.807) is 24.3 Å². The maximum atomic E-state index is 14.3. The van der Waals surface area contributed by atoms with Crippen LogP contribution in [0.2, 0.25) is 0 Å². The normalized spacial score (nSPS) is 17.5. The average Bonchev–Trinajstić information content (AvgIpc) is 3.44. The van der Waals surface area contributed by atoms with Crippen molar-refractivity contribution >= 4 is 37.0 Å². The van der Waals surface area contributed by atoms with Crippen LogP contribution in [0.4, 0.5) is 5.82 Å². The quantitative estimate of drug-likeness (QED) is 0.127. The van der Waals surface area contributed by atoms with Crippen LogP contribution in [0.25, 0.3) is 5.52 Å². The third kappa shape index (κ3) is 8.63. The number of methoxy groups -OCH3 is 1. The molecule has 3 N–H and O–H groups in total. The Bertz CT molecular complexity index is 1660. The molecule has 2 aromatic heterocycles. The zero-order chi connectivity index (χ0) is 34.2. The van der Waals surface area contributed by atoms with Gasteiger partial charge in [0, 0.05) is 21.0 Å². The number of hydrogen-bond donors (Lipinski definition) is 2. The van der Waals surface area contributed by atoms with Crippen molar-refractivity contribution in [1.82, 2.24) is 19.7 Å². The van der Waals surface area contributed by atoms with E-state index >= 15 is 0 Å². The first-order chi connectivity index (χ1) is 22.4. The van der Waals surface area contributed by atoms with Gasteiger partial charge in [0.2, 0.25) is 5.60 Å². The van der Waals surface area contributed by atoms with Gasteiger partial charge < -0.3 is 29.2 Å². The first kappa shape index (κ1) is 35.3. The van der Waals surface area contributed by atoms with Gasteiger partial charge in [0.05, 0.1) is 12.3 Å². The molecule has 0 spiro atoms. The third-order valence-corrected chi connectivity index (χ3v) is 9.11. The Hall–Kier alpha value is -4.55. The Morgan fingerprint density at radius 3 is 2.45 bits per heavy atom. The number of benzene rings is 1. The number of anilines is 1. The summed E-state index contributed by atoms with van der Waals surface area (Å²) in [5.74, 6) is -1.87. The summed E-state index contributed by atoms with van der Waals surface area (Å²) in [5.41, 5.74) is 4.16. The summed E-state index contributed by atoms with van der Waals surface area (Å²) in [4.78, 5) is 41.5. The lowest BCUT2D eigenvalue weighted by molar-refractivity contribution is -0.191. The summed E-state index contributed by atoms with van der Waals surface area (Å²) in [6.07, 6.45) is 0.883. The third-order valence-electron chi connectivity index (χ3n) is 7.49. The second-order valence-corrected chi connectivity index (χ2v) is 12.6. The van der Waals surface area contributed by atoms with E-state index in [-0.39, 0.29) is 29.8 Å². The van der Waals surface area contributed by atoms with Crippen LogP contribution in [0.15, 0.2) is 48.8 Å². The fourth-order valence-corrected chi connectivity index (χ4v) is 6.31. The Morgan fingerprint density at radius 2 is 1.85 bits per heavy atom. The highest BCUT2D eigenvalue weighted by Crippen LogP contribution is 2.47. The van der Waals surface area contributed by atoms with E-state index in [0.717, 1.165) is 46.5 Å². The van der Waals surface area contributed by atoms with Gasteiger partial charge in [-0.25, -0.2) is 14.1 Å². The molecule has 1 saturated carbocycles. The van der Waals surface area contributed by atoms with Crippen LogP contribution in [-0.2, 0) is 42.4 Å². The molecule has 1 aromatic carbocycles. The number of rotatable bonds is 16. The van der Waals surface area contributed by atoms with Crippen LogP contribution in [-0.4, -0.2) is 70.6 Å². The van der Waals surface area contributed by atoms with E-state index in [2.05, 4.69) is 15.2 Å². The Balaban J connectivity index is 1.69. The Kier molecular flexibility index (Phi) is 11.5. The van der Waals surface area contributed by atoms with E-state index in [9.17, 15) is 24.2 Å². The number of nitrogen functional groups attached to an aromatic ring is 1. The summed E-state index contributed by atoms with van der Waals surface area (Å²) < 4.78 is 49.2. The number of carbonyl (C=O) groups is 3. The largest absolute Gasteiger partial charge is 0.464 e. The van der Waals surface area contributed by atoms with Crippen molar-refractivity contribution in [1.29, 1.82) is 5.26 Å². The van der Waals surface area contributed by atoms with Crippen LogP contribution in [0.5, 0.6) is 5.75 Å². The number of para-hydroxylation sites is 1. The lowest BCUT2D eigenvalue weighted by Gasteiger charge is -2.37. The van der Waals surface area contributed by atoms with Crippen LogP contribution < -0.4 is 15.3 Å². The minimum atomic E-state index is -4.52. The molecule has 17 heteroatoms. The predicted molar refractivity (Wildman–Crippen MR) is 164 cm³/mol. The van der Waals surface area contributed by atoms with Gasteiger partial charge in [-0.15, -0.1) is 0 Å². The molecule has 3 aromatic rings. The highest BCUT2D eigenvalue weighted by Gasteiger charge is 2.52. The molecule has 1 fully saturated rings. The maximum absolute atomic E-state index is 14.3. The van der Waals surface area contributed by atoms with E-state index in [1.165, 1.54) is 29.6 Å². The van der Waals surface area contributed by atoms with Crippen LogP contribution >= 0.6 is 7.75 Å². The Labute approximate surface area is 271 Å². The molecule has 4 rings (SSSR count). The molecule has 0 radical (unpaired) electrons. The lowest BCUT2D eigenvalue weighted by atomic mass is 9.86. The van der Waals surface area contributed by atoms with Crippen molar-refractivity contribution in [2.45, 2.75) is 63.9 Å². The molecule has 5 atom stereocenters. The molecule has 0 amide bonds. The number of hydrogen-bond acceptors (Lipinski definition) is 14. The predicted octanol–water partition coefficient (Wildman–Crippen LogP) is 3.28. The van der Waals surface area contributed by atoms with Crippen LogP contribution in [0.1, 0.15) is 51.8 Å². The zero-order valence-corrected chi connectivity index (χ0v) is 27.3. The van der Waals surface area contributed by atoms with E-state index < -0.39 is 56.1 Å². The SMILES string of the molecule is CO[C@](C#N)(COP(=O)(N[C@@H](C)C(=O)OCC1CCC1)Oc1ccccc1)[C@@H](OC(C)=O)[C@@H](OC(C)=O)c1ccc2c(N)ncnn12. The van der Waals surface area contributed by atoms with Gasteiger partial charge in [-0.1, -0.05) is 24.6 Å². The smallest absolute Gasteiger partial charge is 0.459 e. The second kappa shape index (κ2) is 15.4. The summed E-state index contributed by atoms with van der Waals surface area (Å²) in [6.45, 7) is 2.96. The first-order valence-electron chi connectivity index (χ1n) is 14.7. The van der Waals surface area contributed by atoms with Crippen LogP contribution in [0.3, 0.4) is 0 Å². The number of fused-ring (bicyclic) bond motifs is 1.